The van der Waals surface area contributed by atoms with E-state index in [9.17, 15) is 17.6 Å². The number of carbonyl (C=O) groups is 1. The van der Waals surface area contributed by atoms with Crippen molar-refractivity contribution in [3.05, 3.63) is 28.5 Å². The van der Waals surface area contributed by atoms with Gasteiger partial charge in [-0.25, -0.2) is 17.6 Å². The van der Waals surface area contributed by atoms with Crippen molar-refractivity contribution >= 4 is 27.6 Å². The second-order valence-corrected chi connectivity index (χ2v) is 6.94. The molecule has 0 bridgehead atoms. The first kappa shape index (κ1) is 17.9. The number of sulfonamides is 1. The number of aromatic carboxylic acids is 1. The zero-order valence-corrected chi connectivity index (χ0v) is 13.5. The Morgan fingerprint density at radius 1 is 1.38 bits per heavy atom. The van der Waals surface area contributed by atoms with E-state index in [1.807, 2.05) is 13.8 Å². The third-order valence-corrected chi connectivity index (χ3v) is 5.64. The van der Waals surface area contributed by atoms with Gasteiger partial charge in [-0.2, -0.15) is 4.31 Å². The lowest BCUT2D eigenvalue weighted by Gasteiger charge is -2.25. The number of halogens is 2. The topological polar surface area (TPSA) is 74.7 Å². The van der Waals surface area contributed by atoms with Crippen LogP contribution in [0.25, 0.3) is 0 Å². The van der Waals surface area contributed by atoms with Gasteiger partial charge in [-0.15, -0.1) is 0 Å². The second kappa shape index (κ2) is 6.72. The summed E-state index contributed by atoms with van der Waals surface area (Å²) >= 11 is 5.54. The minimum Gasteiger partial charge on any atom is -0.478 e. The lowest BCUT2D eigenvalue weighted by molar-refractivity contribution is 0.0696. The van der Waals surface area contributed by atoms with Crippen molar-refractivity contribution in [3.63, 3.8) is 0 Å². The highest BCUT2D eigenvalue weighted by molar-refractivity contribution is 7.89. The van der Waals surface area contributed by atoms with Crippen molar-refractivity contribution in [1.29, 1.82) is 0 Å². The molecule has 0 heterocycles. The van der Waals surface area contributed by atoms with Crippen molar-refractivity contribution in [2.24, 2.45) is 0 Å². The lowest BCUT2D eigenvalue weighted by atomic mass is 10.2. The second-order valence-electron chi connectivity index (χ2n) is 4.56. The van der Waals surface area contributed by atoms with Crippen LogP contribution in [0.2, 0.25) is 5.02 Å². The Morgan fingerprint density at radius 3 is 2.33 bits per heavy atom. The van der Waals surface area contributed by atoms with Crippen molar-refractivity contribution in [2.75, 3.05) is 7.05 Å². The highest BCUT2D eigenvalue weighted by Gasteiger charge is 2.28. The van der Waals surface area contributed by atoms with Crippen molar-refractivity contribution in [2.45, 2.75) is 37.6 Å². The molecule has 0 aliphatic rings. The summed E-state index contributed by atoms with van der Waals surface area (Å²) in [5.74, 6) is -2.56. The maximum Gasteiger partial charge on any atom is 0.337 e. The summed E-state index contributed by atoms with van der Waals surface area (Å²) in [7, 11) is -2.60. The fourth-order valence-corrected chi connectivity index (χ4v) is 3.77. The van der Waals surface area contributed by atoms with Gasteiger partial charge in [0.1, 0.15) is 5.82 Å². The molecule has 0 unspecified atom stereocenters. The SMILES string of the molecule is CCC(CC)N(C)S(=O)(=O)c1cc(F)c(Cl)c(C(=O)O)c1. The van der Waals surface area contributed by atoms with Gasteiger partial charge in [-0.3, -0.25) is 0 Å². The first-order valence-corrected chi connectivity index (χ1v) is 8.18. The average Bonchev–Trinajstić information content (AvgIpc) is 2.42. The van der Waals surface area contributed by atoms with E-state index in [1.54, 1.807) is 0 Å². The molecule has 1 N–H and O–H groups in total. The summed E-state index contributed by atoms with van der Waals surface area (Å²) in [4.78, 5) is 10.6. The van der Waals surface area contributed by atoms with Gasteiger partial charge in [0.2, 0.25) is 10.0 Å². The molecule has 1 rings (SSSR count). The maximum atomic E-state index is 13.7. The number of carboxylic acid groups (broad SMARTS) is 1. The largest absolute Gasteiger partial charge is 0.478 e. The van der Waals surface area contributed by atoms with Crippen LogP contribution < -0.4 is 0 Å². The van der Waals surface area contributed by atoms with E-state index in [4.69, 9.17) is 16.7 Å². The van der Waals surface area contributed by atoms with Gasteiger partial charge in [-0.05, 0) is 25.0 Å². The zero-order chi connectivity index (χ0) is 16.4. The molecule has 0 radical (unpaired) electrons. The van der Waals surface area contributed by atoms with Crippen LogP contribution in [0.1, 0.15) is 37.0 Å². The predicted octanol–water partition coefficient (Wildman–Crippen LogP) is 2.99. The van der Waals surface area contributed by atoms with Crippen LogP contribution in [0.5, 0.6) is 0 Å². The summed E-state index contributed by atoms with van der Waals surface area (Å²) in [5.41, 5.74) is -0.576. The van der Waals surface area contributed by atoms with Crippen molar-refractivity contribution in [1.82, 2.24) is 4.31 Å². The molecule has 0 saturated carbocycles. The Labute approximate surface area is 128 Å². The Kier molecular flexibility index (Phi) is 5.72. The monoisotopic (exact) mass is 337 g/mol. The Hall–Kier alpha value is -1.18. The smallest absolute Gasteiger partial charge is 0.337 e. The fourth-order valence-electron chi connectivity index (χ4n) is 2.03. The van der Waals surface area contributed by atoms with Gasteiger partial charge < -0.3 is 5.11 Å². The summed E-state index contributed by atoms with van der Waals surface area (Å²) in [6.07, 6.45) is 1.18. The fraction of sp³-hybridized carbons (Fsp3) is 0.462. The highest BCUT2D eigenvalue weighted by Crippen LogP contribution is 2.27. The van der Waals surface area contributed by atoms with Crippen LogP contribution >= 0.6 is 11.6 Å². The average molecular weight is 338 g/mol. The molecule has 21 heavy (non-hydrogen) atoms. The van der Waals surface area contributed by atoms with E-state index in [1.165, 1.54) is 7.05 Å². The summed E-state index contributed by atoms with van der Waals surface area (Å²) in [5, 5.41) is 8.36. The van der Waals surface area contributed by atoms with Crippen molar-refractivity contribution < 1.29 is 22.7 Å². The van der Waals surface area contributed by atoms with E-state index < -0.39 is 37.3 Å². The summed E-state index contributed by atoms with van der Waals surface area (Å²) < 4.78 is 39.7. The van der Waals surface area contributed by atoms with E-state index in [2.05, 4.69) is 0 Å². The van der Waals surface area contributed by atoms with Crippen LogP contribution in [0.4, 0.5) is 4.39 Å². The first-order chi connectivity index (χ1) is 9.66. The quantitative estimate of drug-likeness (QED) is 0.866. The molecule has 0 aromatic heterocycles. The molecule has 0 spiro atoms. The number of rotatable bonds is 6. The molecule has 0 fully saturated rings. The molecular formula is C13H17ClFNO4S. The van der Waals surface area contributed by atoms with E-state index in [-0.39, 0.29) is 6.04 Å². The Bertz CT molecular complexity index is 644. The first-order valence-electron chi connectivity index (χ1n) is 6.37. The van der Waals surface area contributed by atoms with Gasteiger partial charge in [0.15, 0.2) is 0 Å². The minimum atomic E-state index is -3.99. The number of hydrogen-bond donors (Lipinski definition) is 1. The van der Waals surface area contributed by atoms with Crippen LogP contribution in [0.3, 0.4) is 0 Å². The molecule has 1 aromatic carbocycles. The number of hydrogen-bond acceptors (Lipinski definition) is 3. The normalized spacial score (nSPS) is 12.1. The van der Waals surface area contributed by atoms with E-state index in [0.717, 1.165) is 16.4 Å². The third-order valence-electron chi connectivity index (χ3n) is 3.37. The van der Waals surface area contributed by atoms with Crippen LogP contribution in [0.15, 0.2) is 17.0 Å². The molecule has 8 heteroatoms. The van der Waals surface area contributed by atoms with Gasteiger partial charge in [-0.1, -0.05) is 25.4 Å². The molecule has 1 aromatic rings. The molecule has 0 saturated heterocycles. The van der Waals surface area contributed by atoms with E-state index in [0.29, 0.717) is 12.8 Å². The molecule has 0 amide bonds. The number of nitrogens with zero attached hydrogens (tertiary/aromatic N) is 1. The Morgan fingerprint density at radius 2 is 1.90 bits per heavy atom. The molecule has 0 aliphatic carbocycles. The predicted molar refractivity (Wildman–Crippen MR) is 77.7 cm³/mol. The lowest BCUT2D eigenvalue weighted by Crippen LogP contribution is -2.36. The molecule has 0 aliphatic heterocycles. The van der Waals surface area contributed by atoms with Crippen LogP contribution in [0, 0.1) is 5.82 Å². The molecule has 0 atom stereocenters. The van der Waals surface area contributed by atoms with Crippen LogP contribution in [-0.2, 0) is 10.0 Å². The van der Waals surface area contributed by atoms with E-state index >= 15 is 0 Å². The number of benzene rings is 1. The third kappa shape index (κ3) is 3.53. The van der Waals surface area contributed by atoms with Crippen molar-refractivity contribution in [3.8, 4) is 0 Å². The van der Waals surface area contributed by atoms with Gasteiger partial charge in [0.25, 0.3) is 0 Å². The van der Waals surface area contributed by atoms with Crippen LogP contribution in [-0.4, -0.2) is 36.9 Å². The highest BCUT2D eigenvalue weighted by atomic mass is 35.5. The molecular weight excluding hydrogens is 321 g/mol. The number of carboxylic acids is 1. The zero-order valence-electron chi connectivity index (χ0n) is 11.9. The minimum absolute atomic E-state index is 0.248. The standard InChI is InChI=1S/C13H17ClFNO4S/c1-4-8(5-2)16(3)21(19,20)9-6-10(13(17)18)12(14)11(15)7-9/h6-8H,4-5H2,1-3H3,(H,17,18). The summed E-state index contributed by atoms with van der Waals surface area (Å²) in [6, 6.07) is 1.37. The summed E-state index contributed by atoms with van der Waals surface area (Å²) in [6.45, 7) is 3.68. The molecule has 118 valence electrons. The van der Waals surface area contributed by atoms with Gasteiger partial charge >= 0.3 is 5.97 Å². The molecule has 5 nitrogen and oxygen atoms in total. The van der Waals surface area contributed by atoms with Gasteiger partial charge in [0.05, 0.1) is 15.5 Å². The van der Waals surface area contributed by atoms with Gasteiger partial charge in [0, 0.05) is 13.1 Å². The maximum absolute atomic E-state index is 13.7. The Balaban J connectivity index is 3.42.